The first-order chi connectivity index (χ1) is 8.74. The maximum Gasteiger partial charge on any atom is 0.0587 e. The zero-order chi connectivity index (χ0) is 13.2. The summed E-state index contributed by atoms with van der Waals surface area (Å²) in [5, 5.41) is 3.37. The van der Waals surface area contributed by atoms with Crippen molar-refractivity contribution in [2.45, 2.75) is 19.9 Å². The summed E-state index contributed by atoms with van der Waals surface area (Å²) < 4.78 is 4.99. The number of nitrogens with zero attached hydrogens (tertiary/aromatic N) is 1. The van der Waals surface area contributed by atoms with E-state index in [0.717, 1.165) is 32.8 Å². The Bertz CT molecular complexity index is 328. The van der Waals surface area contributed by atoms with Crippen LogP contribution in [0.1, 0.15) is 17.5 Å². The molecule has 0 amide bonds. The maximum atomic E-state index is 4.99. The van der Waals surface area contributed by atoms with Crippen LogP contribution in [-0.4, -0.2) is 45.3 Å². The summed E-state index contributed by atoms with van der Waals surface area (Å²) in [5.74, 6) is 0. The fourth-order valence-electron chi connectivity index (χ4n) is 1.93. The van der Waals surface area contributed by atoms with Gasteiger partial charge in [-0.15, -0.1) is 0 Å². The second-order valence-electron chi connectivity index (χ2n) is 4.76. The highest BCUT2D eigenvalue weighted by molar-refractivity contribution is 5.25. The second-order valence-corrected chi connectivity index (χ2v) is 4.76. The molecule has 3 nitrogen and oxygen atoms in total. The van der Waals surface area contributed by atoms with E-state index in [-0.39, 0.29) is 0 Å². The van der Waals surface area contributed by atoms with Gasteiger partial charge >= 0.3 is 0 Å². The van der Waals surface area contributed by atoms with Crippen LogP contribution < -0.4 is 5.32 Å². The smallest absolute Gasteiger partial charge is 0.0587 e. The van der Waals surface area contributed by atoms with Crippen LogP contribution in [0, 0.1) is 6.92 Å². The van der Waals surface area contributed by atoms with E-state index in [9.17, 15) is 0 Å². The van der Waals surface area contributed by atoms with Gasteiger partial charge in [-0.2, -0.15) is 0 Å². The number of aryl methyl sites for hydroxylation is 1. The number of methoxy groups -OCH3 is 1. The summed E-state index contributed by atoms with van der Waals surface area (Å²) in [6.07, 6.45) is 1.17. The first-order valence-corrected chi connectivity index (χ1v) is 6.66. The lowest BCUT2D eigenvalue weighted by molar-refractivity contribution is 0.198. The van der Waals surface area contributed by atoms with E-state index in [1.807, 2.05) is 0 Å². The molecule has 0 saturated carbocycles. The number of hydrogen-bond donors (Lipinski definition) is 1. The molecule has 0 bridgehead atoms. The Balaban J connectivity index is 2.14. The molecule has 1 N–H and O–H groups in total. The molecule has 1 aromatic carbocycles. The summed E-state index contributed by atoms with van der Waals surface area (Å²) in [6, 6.07) is 8.60. The summed E-state index contributed by atoms with van der Waals surface area (Å²) >= 11 is 0. The molecule has 0 heterocycles. The van der Waals surface area contributed by atoms with Crippen molar-refractivity contribution in [2.24, 2.45) is 0 Å². The molecule has 0 aromatic heterocycles. The van der Waals surface area contributed by atoms with Crippen molar-refractivity contribution in [3.63, 3.8) is 0 Å². The van der Waals surface area contributed by atoms with Gasteiger partial charge in [0.15, 0.2) is 0 Å². The summed E-state index contributed by atoms with van der Waals surface area (Å²) in [7, 11) is 3.92. The van der Waals surface area contributed by atoms with Crippen LogP contribution in [0.4, 0.5) is 0 Å². The Morgan fingerprint density at radius 3 is 2.72 bits per heavy atom. The summed E-state index contributed by atoms with van der Waals surface area (Å²) in [4.78, 5) is 2.38. The summed E-state index contributed by atoms with van der Waals surface area (Å²) in [5.41, 5.74) is 2.80. The molecule has 0 unspecified atom stereocenters. The minimum absolute atomic E-state index is 0.791. The molecule has 0 spiro atoms. The zero-order valence-corrected chi connectivity index (χ0v) is 11.9. The van der Waals surface area contributed by atoms with Gasteiger partial charge in [-0.05, 0) is 44.6 Å². The van der Waals surface area contributed by atoms with Crippen LogP contribution in [0.2, 0.25) is 0 Å². The minimum atomic E-state index is 0.791. The Kier molecular flexibility index (Phi) is 7.65. The normalized spacial score (nSPS) is 11.1. The highest BCUT2D eigenvalue weighted by Gasteiger charge is 2.02. The molecule has 3 heteroatoms. The van der Waals surface area contributed by atoms with E-state index in [4.69, 9.17) is 4.74 Å². The van der Waals surface area contributed by atoms with Crippen molar-refractivity contribution < 1.29 is 4.74 Å². The van der Waals surface area contributed by atoms with Crippen molar-refractivity contribution >= 4 is 0 Å². The van der Waals surface area contributed by atoms with Crippen LogP contribution in [0.3, 0.4) is 0 Å². The van der Waals surface area contributed by atoms with Crippen LogP contribution >= 0.6 is 0 Å². The van der Waals surface area contributed by atoms with Gasteiger partial charge < -0.3 is 15.0 Å². The van der Waals surface area contributed by atoms with Crippen LogP contribution in [0.5, 0.6) is 0 Å². The van der Waals surface area contributed by atoms with Gasteiger partial charge in [0.05, 0.1) is 6.61 Å². The number of nitrogens with one attached hydrogen (secondary N) is 1. The third kappa shape index (κ3) is 6.15. The van der Waals surface area contributed by atoms with Crippen LogP contribution in [0.15, 0.2) is 24.3 Å². The number of benzene rings is 1. The van der Waals surface area contributed by atoms with Gasteiger partial charge in [-0.1, -0.05) is 24.3 Å². The van der Waals surface area contributed by atoms with Crippen LogP contribution in [0.25, 0.3) is 0 Å². The quantitative estimate of drug-likeness (QED) is 0.679. The molecular weight excluding hydrogens is 224 g/mol. The topological polar surface area (TPSA) is 24.5 Å². The third-order valence-electron chi connectivity index (χ3n) is 3.08. The van der Waals surface area contributed by atoms with Crippen molar-refractivity contribution in [3.8, 4) is 0 Å². The lowest BCUT2D eigenvalue weighted by atomic mass is 10.1. The van der Waals surface area contributed by atoms with E-state index in [1.54, 1.807) is 7.11 Å². The average Bonchev–Trinajstić information content (AvgIpc) is 2.36. The first kappa shape index (κ1) is 15.2. The van der Waals surface area contributed by atoms with E-state index in [2.05, 4.69) is 48.5 Å². The molecule has 102 valence electrons. The predicted octanol–water partition coefficient (Wildman–Crippen LogP) is 2.05. The highest BCUT2D eigenvalue weighted by Crippen LogP contribution is 2.09. The van der Waals surface area contributed by atoms with Crippen molar-refractivity contribution in [1.82, 2.24) is 10.2 Å². The Morgan fingerprint density at radius 1 is 1.22 bits per heavy atom. The number of rotatable bonds is 9. The Hall–Kier alpha value is -0.900. The number of ether oxygens (including phenoxy) is 1. The fraction of sp³-hybridized carbons (Fsp3) is 0.600. The predicted molar refractivity (Wildman–Crippen MR) is 76.9 cm³/mol. The molecule has 18 heavy (non-hydrogen) atoms. The first-order valence-electron chi connectivity index (χ1n) is 6.66. The molecule has 0 atom stereocenters. The monoisotopic (exact) mass is 250 g/mol. The van der Waals surface area contributed by atoms with Crippen LogP contribution in [-0.2, 0) is 11.3 Å². The molecule has 0 saturated heterocycles. The standard InChI is InChI=1S/C15H26N2O/c1-14-7-4-5-8-15(14)13-17(2)11-6-9-16-10-12-18-3/h4-5,7-8,16H,6,9-13H2,1-3H3. The largest absolute Gasteiger partial charge is 0.383 e. The van der Waals surface area contributed by atoms with Crippen molar-refractivity contribution in [2.75, 3.05) is 40.4 Å². The van der Waals surface area contributed by atoms with E-state index < -0.39 is 0 Å². The Morgan fingerprint density at radius 2 is 2.00 bits per heavy atom. The molecule has 1 aromatic rings. The summed E-state index contributed by atoms with van der Waals surface area (Å²) in [6.45, 7) is 7.12. The maximum absolute atomic E-state index is 4.99. The van der Waals surface area contributed by atoms with Crippen molar-refractivity contribution in [1.29, 1.82) is 0 Å². The zero-order valence-electron chi connectivity index (χ0n) is 11.9. The second kappa shape index (κ2) is 9.09. The van der Waals surface area contributed by atoms with Gasteiger partial charge in [-0.3, -0.25) is 0 Å². The molecule has 0 radical (unpaired) electrons. The van der Waals surface area contributed by atoms with Crippen molar-refractivity contribution in [3.05, 3.63) is 35.4 Å². The Labute approximate surface area is 111 Å². The lowest BCUT2D eigenvalue weighted by Gasteiger charge is -2.18. The van der Waals surface area contributed by atoms with Gasteiger partial charge in [0, 0.05) is 20.2 Å². The molecule has 0 aliphatic rings. The molecular formula is C15H26N2O. The molecule has 0 aliphatic heterocycles. The fourth-order valence-corrected chi connectivity index (χ4v) is 1.93. The number of hydrogen-bond acceptors (Lipinski definition) is 3. The molecule has 0 aliphatic carbocycles. The molecule has 1 rings (SSSR count). The molecule has 0 fully saturated rings. The third-order valence-corrected chi connectivity index (χ3v) is 3.08. The highest BCUT2D eigenvalue weighted by atomic mass is 16.5. The van der Waals surface area contributed by atoms with Gasteiger partial charge in [-0.25, -0.2) is 0 Å². The van der Waals surface area contributed by atoms with E-state index in [0.29, 0.717) is 0 Å². The van der Waals surface area contributed by atoms with Gasteiger partial charge in [0.1, 0.15) is 0 Å². The van der Waals surface area contributed by atoms with E-state index in [1.165, 1.54) is 17.5 Å². The SMILES string of the molecule is COCCNCCCN(C)Cc1ccccc1C. The van der Waals surface area contributed by atoms with Gasteiger partial charge in [0.2, 0.25) is 0 Å². The van der Waals surface area contributed by atoms with E-state index >= 15 is 0 Å². The lowest BCUT2D eigenvalue weighted by Crippen LogP contribution is -2.25. The average molecular weight is 250 g/mol. The minimum Gasteiger partial charge on any atom is -0.383 e. The van der Waals surface area contributed by atoms with Gasteiger partial charge in [0.25, 0.3) is 0 Å².